The lowest BCUT2D eigenvalue weighted by Gasteiger charge is -1.82. The summed E-state index contributed by atoms with van der Waals surface area (Å²) < 4.78 is 0. The van der Waals surface area contributed by atoms with Crippen molar-refractivity contribution in [3.8, 4) is 0 Å². The van der Waals surface area contributed by atoms with Crippen LogP contribution in [-0.4, -0.2) is 0 Å². The van der Waals surface area contributed by atoms with Gasteiger partial charge in [0.25, 0.3) is 0 Å². The molecule has 0 nitrogen and oxygen atoms in total. The average Bonchev–Trinajstić information content (AvgIpc) is 1.61. The summed E-state index contributed by atoms with van der Waals surface area (Å²) in [6, 6.07) is 0. The zero-order valence-corrected chi connectivity index (χ0v) is 5.72. The Morgan fingerprint density at radius 3 is 2.43 bits per heavy atom. The van der Waals surface area contributed by atoms with Gasteiger partial charge in [0.1, 0.15) is 0 Å². The number of hydrogen-bond acceptors (Lipinski definition) is 0. The Balaban J connectivity index is 3.08. The molecule has 0 rings (SSSR count). The van der Waals surface area contributed by atoms with Crippen molar-refractivity contribution >= 4 is 12.6 Å². The highest BCUT2D eigenvalue weighted by atomic mass is 32.1. The van der Waals surface area contributed by atoms with E-state index in [2.05, 4.69) is 13.0 Å². The maximum Gasteiger partial charge on any atom is 0.00809 e. The molecule has 0 aromatic rings. The van der Waals surface area contributed by atoms with Gasteiger partial charge in [-0.25, -0.2) is 0 Å². The zero-order valence-electron chi connectivity index (χ0n) is 4.90. The van der Waals surface area contributed by atoms with Crippen LogP contribution in [0.25, 0.3) is 0 Å². The molecule has 0 saturated carbocycles. The van der Waals surface area contributed by atoms with E-state index in [1.807, 2.05) is 6.92 Å². The Hall–Kier alpha value is -0.0400. The van der Waals surface area contributed by atoms with E-state index in [4.69, 9.17) is 12.6 Å². The van der Waals surface area contributed by atoms with E-state index >= 15 is 0 Å². The molecule has 0 fully saturated rings. The molecule has 0 aliphatic carbocycles. The second-order valence-corrected chi connectivity index (χ2v) is 2.25. The van der Waals surface area contributed by atoms with Gasteiger partial charge in [-0.3, -0.25) is 0 Å². The van der Waals surface area contributed by atoms with Crippen LogP contribution in [-0.2, 0) is 0 Å². The van der Waals surface area contributed by atoms with Crippen molar-refractivity contribution in [2.45, 2.75) is 26.7 Å². The van der Waals surface area contributed by atoms with Crippen molar-refractivity contribution in [2.24, 2.45) is 0 Å². The van der Waals surface area contributed by atoms with Crippen molar-refractivity contribution in [2.75, 3.05) is 0 Å². The molecule has 0 aromatic carbocycles. The van der Waals surface area contributed by atoms with Crippen LogP contribution in [0.2, 0.25) is 0 Å². The summed E-state index contributed by atoms with van der Waals surface area (Å²) in [5.74, 6) is 0. The Kier molecular flexibility index (Phi) is 4.10. The fraction of sp³-hybridized carbons (Fsp3) is 0.667. The van der Waals surface area contributed by atoms with E-state index in [9.17, 15) is 0 Å². The molecule has 0 N–H and O–H groups in total. The first-order valence-electron chi connectivity index (χ1n) is 2.61. The summed E-state index contributed by atoms with van der Waals surface area (Å²) >= 11 is 4.81. The normalized spacial score (nSPS) is 12.0. The topological polar surface area (TPSA) is 0 Å². The minimum absolute atomic E-state index is 1.02. The van der Waals surface area contributed by atoms with Crippen LogP contribution < -0.4 is 0 Å². The standard InChI is InChI=1S/C6H11S/c1-3-4-5-6(2)7/h5H,3-4H2,1-2H3/b6-5+. The minimum Gasteiger partial charge on any atom is -0.0856 e. The molecular formula is C6H11S. The lowest BCUT2D eigenvalue weighted by molar-refractivity contribution is 0.956. The minimum atomic E-state index is 1.02. The third-order valence-electron chi connectivity index (χ3n) is 0.720. The second kappa shape index (κ2) is 4.13. The van der Waals surface area contributed by atoms with Crippen molar-refractivity contribution in [3.05, 3.63) is 11.0 Å². The van der Waals surface area contributed by atoms with Crippen LogP contribution in [0.5, 0.6) is 0 Å². The summed E-state index contributed by atoms with van der Waals surface area (Å²) in [5, 5.41) is 0. The number of rotatable bonds is 2. The molecule has 41 valence electrons. The van der Waals surface area contributed by atoms with E-state index in [0.29, 0.717) is 0 Å². The first kappa shape index (κ1) is 6.96. The van der Waals surface area contributed by atoms with Crippen LogP contribution in [0.3, 0.4) is 0 Å². The van der Waals surface area contributed by atoms with E-state index in [1.54, 1.807) is 0 Å². The Morgan fingerprint density at radius 1 is 1.71 bits per heavy atom. The van der Waals surface area contributed by atoms with Crippen molar-refractivity contribution < 1.29 is 0 Å². The van der Waals surface area contributed by atoms with Gasteiger partial charge in [0, 0.05) is 4.91 Å². The highest BCUT2D eigenvalue weighted by molar-refractivity contribution is 7.84. The quantitative estimate of drug-likeness (QED) is 0.519. The molecule has 0 spiro atoms. The number of hydrogen-bond donors (Lipinski definition) is 0. The molecule has 7 heavy (non-hydrogen) atoms. The fourth-order valence-corrected chi connectivity index (χ4v) is 0.465. The molecule has 0 heterocycles. The maximum absolute atomic E-state index is 4.81. The largest absolute Gasteiger partial charge is 0.0856 e. The van der Waals surface area contributed by atoms with Gasteiger partial charge in [-0.1, -0.05) is 32.0 Å². The predicted octanol–water partition coefficient (Wildman–Crippen LogP) is 2.89. The van der Waals surface area contributed by atoms with Crippen molar-refractivity contribution in [3.63, 3.8) is 0 Å². The van der Waals surface area contributed by atoms with E-state index < -0.39 is 0 Å². The smallest absolute Gasteiger partial charge is 0.00809 e. The first-order chi connectivity index (χ1) is 3.27. The number of unbranched alkanes of at least 4 members (excludes halogenated alkanes) is 1. The Bertz CT molecular complexity index is 60.6. The van der Waals surface area contributed by atoms with Gasteiger partial charge in [0.05, 0.1) is 0 Å². The van der Waals surface area contributed by atoms with Gasteiger partial charge in [0.2, 0.25) is 0 Å². The Morgan fingerprint density at radius 2 is 2.29 bits per heavy atom. The van der Waals surface area contributed by atoms with Gasteiger partial charge in [-0.05, 0) is 13.3 Å². The average molecular weight is 115 g/mol. The molecule has 0 amide bonds. The van der Waals surface area contributed by atoms with Crippen LogP contribution in [0.4, 0.5) is 0 Å². The van der Waals surface area contributed by atoms with E-state index in [-0.39, 0.29) is 0 Å². The monoisotopic (exact) mass is 115 g/mol. The fourth-order valence-electron chi connectivity index (χ4n) is 0.348. The molecule has 0 unspecified atom stereocenters. The van der Waals surface area contributed by atoms with Crippen LogP contribution in [0.1, 0.15) is 26.7 Å². The van der Waals surface area contributed by atoms with Gasteiger partial charge < -0.3 is 0 Å². The number of allylic oxidation sites excluding steroid dienone is 2. The third-order valence-corrected chi connectivity index (χ3v) is 0.887. The highest BCUT2D eigenvalue weighted by Gasteiger charge is 1.75. The first-order valence-corrected chi connectivity index (χ1v) is 3.02. The highest BCUT2D eigenvalue weighted by Crippen LogP contribution is 1.99. The summed E-state index contributed by atoms with van der Waals surface area (Å²) in [6.45, 7) is 4.10. The molecule has 0 aliphatic rings. The second-order valence-electron chi connectivity index (χ2n) is 1.60. The van der Waals surface area contributed by atoms with Gasteiger partial charge >= 0.3 is 0 Å². The van der Waals surface area contributed by atoms with E-state index in [0.717, 1.165) is 11.3 Å². The molecule has 1 radical (unpaired) electrons. The van der Waals surface area contributed by atoms with E-state index in [1.165, 1.54) is 6.42 Å². The molecule has 0 bridgehead atoms. The summed E-state index contributed by atoms with van der Waals surface area (Å²) in [4.78, 5) is 1.02. The molecule has 1 heteroatoms. The van der Waals surface area contributed by atoms with Gasteiger partial charge in [-0.2, -0.15) is 0 Å². The molecule has 0 saturated heterocycles. The zero-order chi connectivity index (χ0) is 5.70. The van der Waals surface area contributed by atoms with Crippen molar-refractivity contribution in [1.82, 2.24) is 0 Å². The summed E-state index contributed by atoms with van der Waals surface area (Å²) in [5.41, 5.74) is 0. The SMILES string of the molecule is CCC/C=C(\C)[S]. The molecule has 0 atom stereocenters. The lowest BCUT2D eigenvalue weighted by atomic mass is 10.3. The van der Waals surface area contributed by atoms with Crippen molar-refractivity contribution in [1.29, 1.82) is 0 Å². The maximum atomic E-state index is 4.81. The van der Waals surface area contributed by atoms with Crippen LogP contribution in [0.15, 0.2) is 11.0 Å². The van der Waals surface area contributed by atoms with Crippen LogP contribution in [0, 0.1) is 0 Å². The summed E-state index contributed by atoms with van der Waals surface area (Å²) in [6.07, 6.45) is 4.42. The van der Waals surface area contributed by atoms with Gasteiger partial charge in [-0.15, -0.1) is 0 Å². The molecule has 0 aliphatic heterocycles. The van der Waals surface area contributed by atoms with Gasteiger partial charge in [0.15, 0.2) is 0 Å². The third kappa shape index (κ3) is 5.96. The van der Waals surface area contributed by atoms with Crippen LogP contribution >= 0.6 is 12.6 Å². The predicted molar refractivity (Wildman–Crippen MR) is 36.3 cm³/mol. The molecule has 0 aromatic heterocycles. The summed E-state index contributed by atoms with van der Waals surface area (Å²) in [7, 11) is 0. The lowest BCUT2D eigenvalue weighted by Crippen LogP contribution is -1.61. The molecular weight excluding hydrogens is 104 g/mol. The Labute approximate surface area is 51.0 Å².